The van der Waals surface area contributed by atoms with Crippen molar-refractivity contribution in [3.05, 3.63) is 38.7 Å². The molecule has 116 valence electrons. The van der Waals surface area contributed by atoms with Crippen LogP contribution in [0.3, 0.4) is 0 Å². The number of H-pyrrole nitrogens is 2. The molecule has 3 rings (SSSR count). The maximum atomic E-state index is 11.9. The van der Waals surface area contributed by atoms with Gasteiger partial charge in [-0.25, -0.2) is 4.79 Å². The lowest BCUT2D eigenvalue weighted by Crippen LogP contribution is -2.23. The van der Waals surface area contributed by atoms with Gasteiger partial charge in [0.25, 0.3) is 5.56 Å². The Morgan fingerprint density at radius 3 is 2.64 bits per heavy atom. The Kier molecular flexibility index (Phi) is 4.04. The third kappa shape index (κ3) is 2.79. The van der Waals surface area contributed by atoms with Crippen molar-refractivity contribution in [3.8, 4) is 17.1 Å². The van der Waals surface area contributed by atoms with Gasteiger partial charge in [-0.3, -0.25) is 9.78 Å². The third-order valence-corrected chi connectivity index (χ3v) is 4.12. The van der Waals surface area contributed by atoms with E-state index in [9.17, 15) is 9.59 Å². The Balaban J connectivity index is 2.06. The quantitative estimate of drug-likeness (QED) is 0.896. The second kappa shape index (κ2) is 6.13. The van der Waals surface area contributed by atoms with Crippen molar-refractivity contribution in [1.29, 1.82) is 0 Å². The third-order valence-electron chi connectivity index (χ3n) is 4.12. The molecule has 2 aromatic rings. The average Bonchev–Trinajstić information content (AvgIpc) is 2.55. The first-order valence-electron chi connectivity index (χ1n) is 7.43. The van der Waals surface area contributed by atoms with Crippen LogP contribution in [0.4, 0.5) is 0 Å². The van der Waals surface area contributed by atoms with Gasteiger partial charge in [0.15, 0.2) is 0 Å². The number of rotatable bonds is 3. The summed E-state index contributed by atoms with van der Waals surface area (Å²) < 4.78 is 5.32. The number of hydrogen-bond acceptors (Lipinski definition) is 5. The Hall–Kier alpha value is -2.44. The lowest BCUT2D eigenvalue weighted by atomic mass is 9.84. The van der Waals surface area contributed by atoms with Gasteiger partial charge in [0.05, 0.1) is 12.7 Å². The number of ether oxygens (including phenoxy) is 1. The standard InChI is InChI=1S/C15H18N4O3/c1-22-14-10(9-5-3-2-4-6-9)7-12(18-19-14)11-8-16-15(21)17-13(11)20/h7-9H,2-6H2,1H3,(H2,16,17,20,21). The molecule has 0 bridgehead atoms. The number of aromatic nitrogens is 4. The first-order chi connectivity index (χ1) is 10.7. The summed E-state index contributed by atoms with van der Waals surface area (Å²) >= 11 is 0. The molecule has 0 radical (unpaired) electrons. The molecule has 22 heavy (non-hydrogen) atoms. The molecule has 1 saturated carbocycles. The van der Waals surface area contributed by atoms with E-state index >= 15 is 0 Å². The van der Waals surface area contributed by atoms with Gasteiger partial charge in [0.1, 0.15) is 5.69 Å². The van der Waals surface area contributed by atoms with Crippen LogP contribution in [0.2, 0.25) is 0 Å². The number of methoxy groups -OCH3 is 1. The second-order valence-corrected chi connectivity index (χ2v) is 5.51. The van der Waals surface area contributed by atoms with Crippen LogP contribution in [0.25, 0.3) is 11.3 Å². The maximum Gasteiger partial charge on any atom is 0.325 e. The Bertz CT molecular complexity index is 775. The smallest absolute Gasteiger partial charge is 0.325 e. The second-order valence-electron chi connectivity index (χ2n) is 5.51. The molecule has 0 saturated heterocycles. The molecule has 0 aliphatic heterocycles. The van der Waals surface area contributed by atoms with E-state index in [1.54, 1.807) is 7.11 Å². The van der Waals surface area contributed by atoms with Crippen molar-refractivity contribution in [3.63, 3.8) is 0 Å². The molecule has 1 fully saturated rings. The molecule has 0 amide bonds. The number of hydrogen-bond donors (Lipinski definition) is 2. The molecular formula is C15H18N4O3. The van der Waals surface area contributed by atoms with Crippen molar-refractivity contribution in [1.82, 2.24) is 20.2 Å². The van der Waals surface area contributed by atoms with Gasteiger partial charge in [-0.2, -0.15) is 0 Å². The maximum absolute atomic E-state index is 11.9. The summed E-state index contributed by atoms with van der Waals surface area (Å²) in [4.78, 5) is 27.7. The molecule has 0 aromatic carbocycles. The summed E-state index contributed by atoms with van der Waals surface area (Å²) in [5.41, 5.74) is 0.712. The number of nitrogens with zero attached hydrogens (tertiary/aromatic N) is 2. The van der Waals surface area contributed by atoms with Crippen LogP contribution in [0.5, 0.6) is 5.88 Å². The van der Waals surface area contributed by atoms with Crippen molar-refractivity contribution in [2.24, 2.45) is 0 Å². The highest BCUT2D eigenvalue weighted by Gasteiger charge is 2.22. The van der Waals surface area contributed by atoms with Gasteiger partial charge in [-0.05, 0) is 24.8 Å². The fourth-order valence-electron chi connectivity index (χ4n) is 2.99. The largest absolute Gasteiger partial charge is 0.480 e. The van der Waals surface area contributed by atoms with Crippen LogP contribution in [0, 0.1) is 0 Å². The number of aromatic amines is 2. The SMILES string of the molecule is COc1nnc(-c2c[nH]c(=O)[nH]c2=O)cc1C1CCCCC1. The molecule has 1 aliphatic carbocycles. The predicted molar refractivity (Wildman–Crippen MR) is 81.1 cm³/mol. The highest BCUT2D eigenvalue weighted by atomic mass is 16.5. The molecule has 1 aliphatic rings. The molecule has 2 heterocycles. The van der Waals surface area contributed by atoms with E-state index in [-0.39, 0.29) is 0 Å². The highest BCUT2D eigenvalue weighted by Crippen LogP contribution is 2.37. The Morgan fingerprint density at radius 2 is 1.95 bits per heavy atom. The zero-order valence-electron chi connectivity index (χ0n) is 12.4. The van der Waals surface area contributed by atoms with Crippen molar-refractivity contribution in [2.45, 2.75) is 38.0 Å². The van der Waals surface area contributed by atoms with E-state index in [0.717, 1.165) is 18.4 Å². The average molecular weight is 302 g/mol. The van der Waals surface area contributed by atoms with E-state index in [4.69, 9.17) is 4.74 Å². The molecule has 7 nitrogen and oxygen atoms in total. The predicted octanol–water partition coefficient (Wildman–Crippen LogP) is 1.58. The van der Waals surface area contributed by atoms with Gasteiger partial charge in [0.2, 0.25) is 5.88 Å². The molecule has 0 unspecified atom stereocenters. The van der Waals surface area contributed by atoms with E-state index in [1.165, 1.54) is 25.5 Å². The minimum atomic E-state index is -0.539. The summed E-state index contributed by atoms with van der Waals surface area (Å²) in [5.74, 6) is 0.885. The van der Waals surface area contributed by atoms with Crippen LogP contribution in [0.15, 0.2) is 21.9 Å². The normalized spacial score (nSPS) is 15.7. The van der Waals surface area contributed by atoms with Crippen LogP contribution >= 0.6 is 0 Å². The highest BCUT2D eigenvalue weighted by molar-refractivity contribution is 5.57. The van der Waals surface area contributed by atoms with E-state index in [2.05, 4.69) is 20.2 Å². The first kappa shape index (κ1) is 14.5. The fourth-order valence-corrected chi connectivity index (χ4v) is 2.99. The fraction of sp³-hybridized carbons (Fsp3) is 0.467. The minimum Gasteiger partial charge on any atom is -0.480 e. The van der Waals surface area contributed by atoms with Crippen LogP contribution in [-0.4, -0.2) is 27.3 Å². The molecule has 0 spiro atoms. The zero-order valence-corrected chi connectivity index (χ0v) is 12.4. The van der Waals surface area contributed by atoms with Gasteiger partial charge in [-0.15, -0.1) is 10.2 Å². The van der Waals surface area contributed by atoms with Gasteiger partial charge >= 0.3 is 5.69 Å². The summed E-state index contributed by atoms with van der Waals surface area (Å²) in [6, 6.07) is 1.85. The molecule has 7 heteroatoms. The Labute approximate surface area is 126 Å². The van der Waals surface area contributed by atoms with Gasteiger partial charge in [0, 0.05) is 11.8 Å². The number of nitrogens with one attached hydrogen (secondary N) is 2. The van der Waals surface area contributed by atoms with E-state index in [0.29, 0.717) is 23.1 Å². The van der Waals surface area contributed by atoms with Crippen LogP contribution in [-0.2, 0) is 0 Å². The zero-order chi connectivity index (χ0) is 15.5. The van der Waals surface area contributed by atoms with E-state index < -0.39 is 11.2 Å². The van der Waals surface area contributed by atoms with Crippen molar-refractivity contribution < 1.29 is 4.74 Å². The lowest BCUT2D eigenvalue weighted by molar-refractivity contribution is 0.368. The summed E-state index contributed by atoms with van der Waals surface area (Å²) in [6.07, 6.45) is 7.16. The van der Waals surface area contributed by atoms with Crippen molar-refractivity contribution >= 4 is 0 Å². The van der Waals surface area contributed by atoms with Crippen LogP contribution in [0.1, 0.15) is 43.6 Å². The summed E-state index contributed by atoms with van der Waals surface area (Å²) in [5, 5.41) is 8.14. The van der Waals surface area contributed by atoms with Crippen molar-refractivity contribution in [2.75, 3.05) is 7.11 Å². The summed E-state index contributed by atoms with van der Waals surface area (Å²) in [7, 11) is 1.57. The van der Waals surface area contributed by atoms with E-state index in [1.807, 2.05) is 6.07 Å². The van der Waals surface area contributed by atoms with Crippen LogP contribution < -0.4 is 16.0 Å². The minimum absolute atomic E-state index is 0.298. The topological polar surface area (TPSA) is 101 Å². The lowest BCUT2D eigenvalue weighted by Gasteiger charge is -2.23. The molecule has 0 atom stereocenters. The molecular weight excluding hydrogens is 284 g/mol. The molecule has 2 aromatic heterocycles. The Morgan fingerprint density at radius 1 is 1.18 bits per heavy atom. The van der Waals surface area contributed by atoms with Gasteiger partial charge in [-0.1, -0.05) is 19.3 Å². The first-order valence-corrected chi connectivity index (χ1v) is 7.43. The summed E-state index contributed by atoms with van der Waals surface area (Å²) in [6.45, 7) is 0. The van der Waals surface area contributed by atoms with Gasteiger partial charge < -0.3 is 9.72 Å². The molecule has 2 N–H and O–H groups in total. The monoisotopic (exact) mass is 302 g/mol.